The summed E-state index contributed by atoms with van der Waals surface area (Å²) >= 11 is 5.94. The maximum atomic E-state index is 12.2. The number of fused-ring (bicyclic) bond motifs is 1. The molecule has 3 aromatic rings. The molecule has 1 heterocycles. The van der Waals surface area contributed by atoms with E-state index in [9.17, 15) is 20.3 Å². The zero-order chi connectivity index (χ0) is 15.9. The molecule has 0 fully saturated rings. The molecule has 0 saturated heterocycles. The van der Waals surface area contributed by atoms with E-state index in [2.05, 4.69) is 4.98 Å². The van der Waals surface area contributed by atoms with Crippen molar-refractivity contribution in [1.82, 2.24) is 4.98 Å². The van der Waals surface area contributed by atoms with Gasteiger partial charge in [-0.15, -0.1) is 0 Å². The minimum atomic E-state index is -0.539. The molecule has 0 aliphatic rings. The van der Waals surface area contributed by atoms with Crippen LogP contribution in [0.2, 0.25) is 5.15 Å². The summed E-state index contributed by atoms with van der Waals surface area (Å²) in [6.07, 6.45) is 0. The summed E-state index contributed by atoms with van der Waals surface area (Å²) in [4.78, 5) is 14.6. The molecule has 3 rings (SSSR count). The second-order valence-electron chi connectivity index (χ2n) is 4.57. The maximum Gasteiger partial charge on any atom is 0.277 e. The van der Waals surface area contributed by atoms with Gasteiger partial charge in [-0.1, -0.05) is 35.5 Å². The molecule has 0 amide bonds. The van der Waals surface area contributed by atoms with Gasteiger partial charge < -0.3 is 10.2 Å². The van der Waals surface area contributed by atoms with Crippen molar-refractivity contribution >= 4 is 28.2 Å². The molecule has 0 bridgehead atoms. The quantitative estimate of drug-likeness (QED) is 0.444. The van der Waals surface area contributed by atoms with E-state index >= 15 is 0 Å². The Morgan fingerprint density at radius 1 is 1.14 bits per heavy atom. The zero-order valence-corrected chi connectivity index (χ0v) is 11.7. The monoisotopic (exact) mass is 315 g/mol. The third kappa shape index (κ3) is 2.19. The van der Waals surface area contributed by atoms with Gasteiger partial charge in [0.05, 0.1) is 10.5 Å². The number of phenolic OH excluding ortho intramolecular Hbond substituents is 1. The minimum absolute atomic E-state index is 0.0214. The van der Waals surface area contributed by atoms with E-state index in [4.69, 9.17) is 11.6 Å². The van der Waals surface area contributed by atoms with Crippen molar-refractivity contribution in [2.45, 2.75) is 0 Å². The smallest absolute Gasteiger partial charge is 0.277 e. The third-order valence-electron chi connectivity index (χ3n) is 3.26. The first-order chi connectivity index (χ1) is 10.5. The Kier molecular flexibility index (Phi) is 3.30. The van der Waals surface area contributed by atoms with Gasteiger partial charge in [0.1, 0.15) is 16.4 Å². The summed E-state index contributed by atoms with van der Waals surface area (Å²) < 4.78 is 0. The Morgan fingerprint density at radius 3 is 2.59 bits per heavy atom. The Hall–Kier alpha value is -2.86. The molecule has 22 heavy (non-hydrogen) atoms. The van der Waals surface area contributed by atoms with Crippen molar-refractivity contribution < 1.29 is 15.1 Å². The summed E-state index contributed by atoms with van der Waals surface area (Å²) in [6.45, 7) is 0. The molecule has 0 aliphatic carbocycles. The van der Waals surface area contributed by atoms with Crippen LogP contribution >= 0.6 is 11.6 Å². The molecular weight excluding hydrogens is 308 g/mol. The number of pyridine rings is 1. The maximum absolute atomic E-state index is 12.2. The Balaban J connectivity index is 2.47. The van der Waals surface area contributed by atoms with Crippen molar-refractivity contribution in [3.63, 3.8) is 0 Å². The first kappa shape index (κ1) is 14.1. The lowest BCUT2D eigenvalue weighted by Crippen LogP contribution is -1.97. The number of para-hydroxylation sites is 1. The molecule has 1 N–H and O–H groups in total. The van der Waals surface area contributed by atoms with Gasteiger partial charge in [-0.05, 0) is 18.2 Å². The highest BCUT2D eigenvalue weighted by Gasteiger charge is 2.18. The van der Waals surface area contributed by atoms with Gasteiger partial charge in [0, 0.05) is 17.0 Å². The fraction of sp³-hybridized carbons (Fsp3) is 0. The number of halogens is 1. The molecule has 1 aromatic heterocycles. The molecule has 0 atom stereocenters. The number of nitro benzene ring substituents is 1. The van der Waals surface area contributed by atoms with Crippen LogP contribution in [0.15, 0.2) is 42.5 Å². The number of hydrogen-bond donors (Lipinski definition) is 1. The summed E-state index contributed by atoms with van der Waals surface area (Å²) in [5, 5.41) is 33.4. The highest BCUT2D eigenvalue weighted by Crippen LogP contribution is 2.40. The van der Waals surface area contributed by atoms with Crippen LogP contribution in [-0.4, -0.2) is 15.0 Å². The van der Waals surface area contributed by atoms with Crippen molar-refractivity contribution in [2.75, 3.05) is 0 Å². The lowest BCUT2D eigenvalue weighted by atomic mass is 9.99. The molecule has 0 radical (unpaired) electrons. The molecule has 7 heteroatoms. The average Bonchev–Trinajstić information content (AvgIpc) is 2.50. The van der Waals surface area contributed by atoms with Crippen molar-refractivity contribution in [1.29, 1.82) is 0 Å². The van der Waals surface area contributed by atoms with Crippen LogP contribution in [0.1, 0.15) is 0 Å². The van der Waals surface area contributed by atoms with Crippen molar-refractivity contribution in [2.24, 2.45) is 0 Å². The van der Waals surface area contributed by atoms with Gasteiger partial charge in [0.25, 0.3) is 5.69 Å². The van der Waals surface area contributed by atoms with Gasteiger partial charge >= 0.3 is 0 Å². The topological polar surface area (TPSA) is 99.3 Å². The van der Waals surface area contributed by atoms with Crippen LogP contribution in [0.25, 0.3) is 22.0 Å². The van der Waals surface area contributed by atoms with Crippen LogP contribution in [0, 0.1) is 10.1 Å². The summed E-state index contributed by atoms with van der Waals surface area (Å²) in [5.74, 6) is -0.609. The highest BCUT2D eigenvalue weighted by atomic mass is 35.5. The van der Waals surface area contributed by atoms with Crippen molar-refractivity contribution in [3.05, 3.63) is 57.7 Å². The normalized spacial score (nSPS) is 10.8. The number of aromatic nitrogens is 1. The SMILES string of the molecule is O=[N+]([O-])c1ccccc1-c1cc(Cl)nc2c(O)ccc([O-])c12. The summed E-state index contributed by atoms with van der Waals surface area (Å²) in [7, 11) is 0. The number of benzene rings is 2. The number of phenols is 1. The van der Waals surface area contributed by atoms with Gasteiger partial charge in [-0.25, -0.2) is 4.98 Å². The van der Waals surface area contributed by atoms with E-state index < -0.39 is 10.7 Å². The molecule has 0 unspecified atom stereocenters. The van der Waals surface area contributed by atoms with Crippen LogP contribution in [-0.2, 0) is 0 Å². The van der Waals surface area contributed by atoms with Crippen LogP contribution < -0.4 is 5.11 Å². The number of nitrogens with zero attached hydrogens (tertiary/aromatic N) is 2. The van der Waals surface area contributed by atoms with Crippen LogP contribution in [0.4, 0.5) is 5.69 Å². The van der Waals surface area contributed by atoms with Crippen LogP contribution in [0.5, 0.6) is 11.5 Å². The second kappa shape index (κ2) is 5.16. The van der Waals surface area contributed by atoms with Gasteiger partial charge in [-0.2, -0.15) is 0 Å². The van der Waals surface area contributed by atoms with Gasteiger partial charge in [0.15, 0.2) is 0 Å². The Bertz CT molecular complexity index is 911. The minimum Gasteiger partial charge on any atom is -0.872 e. The first-order valence-electron chi connectivity index (χ1n) is 6.22. The zero-order valence-electron chi connectivity index (χ0n) is 11.0. The molecule has 0 spiro atoms. The Morgan fingerprint density at radius 2 is 1.86 bits per heavy atom. The number of aromatic hydroxyl groups is 1. The summed E-state index contributed by atoms with van der Waals surface area (Å²) in [6, 6.07) is 9.79. The van der Waals surface area contributed by atoms with E-state index in [0.29, 0.717) is 0 Å². The van der Waals surface area contributed by atoms with E-state index in [1.54, 1.807) is 6.07 Å². The summed E-state index contributed by atoms with van der Waals surface area (Å²) in [5.41, 5.74) is 0.370. The predicted molar refractivity (Wildman–Crippen MR) is 80.0 cm³/mol. The van der Waals surface area contributed by atoms with Crippen molar-refractivity contribution in [3.8, 4) is 22.6 Å². The van der Waals surface area contributed by atoms with Gasteiger partial charge in [0.2, 0.25) is 0 Å². The lowest BCUT2D eigenvalue weighted by Gasteiger charge is -2.15. The van der Waals surface area contributed by atoms with E-state index in [1.807, 2.05) is 0 Å². The number of hydrogen-bond acceptors (Lipinski definition) is 5. The Labute approximate surface area is 129 Å². The largest absolute Gasteiger partial charge is 0.872 e. The number of rotatable bonds is 2. The first-order valence-corrected chi connectivity index (χ1v) is 6.60. The molecule has 0 aliphatic heterocycles. The highest BCUT2D eigenvalue weighted by molar-refractivity contribution is 6.30. The predicted octanol–water partition coefficient (Wildman–Crippen LogP) is 3.24. The molecular formula is C15H8ClN2O4-. The fourth-order valence-corrected chi connectivity index (χ4v) is 2.53. The lowest BCUT2D eigenvalue weighted by molar-refractivity contribution is -0.384. The second-order valence-corrected chi connectivity index (χ2v) is 4.96. The fourth-order valence-electron chi connectivity index (χ4n) is 2.34. The average molecular weight is 316 g/mol. The van der Waals surface area contributed by atoms with E-state index in [1.165, 1.54) is 36.4 Å². The van der Waals surface area contributed by atoms with E-state index in [0.717, 1.165) is 0 Å². The number of nitro groups is 1. The molecule has 110 valence electrons. The van der Waals surface area contributed by atoms with E-state index in [-0.39, 0.29) is 38.6 Å². The molecule has 2 aromatic carbocycles. The van der Waals surface area contributed by atoms with Crippen LogP contribution in [0.3, 0.4) is 0 Å². The molecule has 0 saturated carbocycles. The molecule has 6 nitrogen and oxygen atoms in total. The third-order valence-corrected chi connectivity index (χ3v) is 3.45. The van der Waals surface area contributed by atoms with Gasteiger partial charge in [-0.3, -0.25) is 10.1 Å². The standard InChI is InChI=1S/C15H9ClN2O4/c16-13-7-9(8-3-1-2-4-10(8)18(21)22)14-11(19)5-6-12(20)15(14)17-13/h1-7,19-20H/p-1.